The molecule has 0 aromatic carbocycles. The van der Waals surface area contributed by atoms with Crippen LogP contribution in [0.25, 0.3) is 0 Å². The fraction of sp³-hybridized carbons (Fsp3) is 0.562. The summed E-state index contributed by atoms with van der Waals surface area (Å²) in [5.74, 6) is -1.61. The lowest BCUT2D eigenvalue weighted by atomic mass is 9.95. The summed E-state index contributed by atoms with van der Waals surface area (Å²) in [4.78, 5) is 38.1. The molecule has 3 N–H and O–H groups in total. The van der Waals surface area contributed by atoms with Crippen LogP contribution in [-0.4, -0.2) is 28.0 Å². The number of aliphatic carboxylic acids is 1. The molecule has 0 unspecified atom stereocenters. The Hall–Kier alpha value is -2.11. The van der Waals surface area contributed by atoms with Gasteiger partial charge in [-0.05, 0) is 56.6 Å². The highest BCUT2D eigenvalue weighted by Crippen LogP contribution is 2.26. The van der Waals surface area contributed by atoms with E-state index < -0.39 is 17.8 Å². The molecule has 2 atom stereocenters. The molecular weight excluding hydrogens is 284 g/mol. The molecule has 6 heteroatoms. The number of carbonyl (C=O) groups is 2. The van der Waals surface area contributed by atoms with Gasteiger partial charge < -0.3 is 15.4 Å². The summed E-state index contributed by atoms with van der Waals surface area (Å²) in [7, 11) is 0. The van der Waals surface area contributed by atoms with Gasteiger partial charge in [-0.1, -0.05) is 0 Å². The summed E-state index contributed by atoms with van der Waals surface area (Å²) in [5, 5.41) is 11.8. The van der Waals surface area contributed by atoms with Crippen molar-refractivity contribution in [2.24, 2.45) is 5.92 Å². The maximum absolute atomic E-state index is 12.3. The average molecular weight is 304 g/mol. The molecule has 2 aliphatic carbocycles. The molecule has 1 amide bonds. The first-order chi connectivity index (χ1) is 10.5. The Morgan fingerprint density at radius 1 is 1.23 bits per heavy atom. The third-order valence-corrected chi connectivity index (χ3v) is 4.70. The van der Waals surface area contributed by atoms with Crippen LogP contribution in [0.1, 0.15) is 53.7 Å². The van der Waals surface area contributed by atoms with Gasteiger partial charge in [0.25, 0.3) is 11.5 Å². The second kappa shape index (κ2) is 5.94. The number of hydrogen-bond donors (Lipinski definition) is 3. The number of aromatic amines is 1. The molecule has 1 saturated carbocycles. The van der Waals surface area contributed by atoms with Crippen molar-refractivity contribution in [3.8, 4) is 0 Å². The van der Waals surface area contributed by atoms with E-state index in [2.05, 4.69) is 10.3 Å². The van der Waals surface area contributed by atoms with Crippen molar-refractivity contribution in [1.82, 2.24) is 10.3 Å². The van der Waals surface area contributed by atoms with E-state index in [-0.39, 0.29) is 17.2 Å². The average Bonchev–Trinajstić information content (AvgIpc) is 2.95. The number of pyridine rings is 1. The fourth-order valence-corrected chi connectivity index (χ4v) is 3.44. The van der Waals surface area contributed by atoms with E-state index in [0.717, 1.165) is 36.9 Å². The van der Waals surface area contributed by atoms with Crippen molar-refractivity contribution in [3.05, 3.63) is 33.2 Å². The van der Waals surface area contributed by atoms with Gasteiger partial charge in [-0.15, -0.1) is 0 Å². The normalized spacial score (nSPS) is 23.8. The van der Waals surface area contributed by atoms with Gasteiger partial charge in [0.2, 0.25) is 0 Å². The Morgan fingerprint density at radius 2 is 2.00 bits per heavy atom. The summed E-state index contributed by atoms with van der Waals surface area (Å²) < 4.78 is 0. The van der Waals surface area contributed by atoms with Crippen LogP contribution in [0.4, 0.5) is 0 Å². The number of aryl methyl sites for hydroxylation is 2. The largest absolute Gasteiger partial charge is 0.481 e. The number of hydrogen-bond acceptors (Lipinski definition) is 3. The Balaban J connectivity index is 1.73. The molecular formula is C16H20N2O4. The molecule has 118 valence electrons. The number of carbonyl (C=O) groups excluding carboxylic acids is 1. The number of aromatic nitrogens is 1. The predicted octanol–water partition coefficient (Wildman–Crippen LogP) is 1.24. The van der Waals surface area contributed by atoms with Gasteiger partial charge in [0.05, 0.1) is 5.92 Å². The van der Waals surface area contributed by atoms with E-state index >= 15 is 0 Å². The molecule has 1 aromatic rings. The number of carboxylic acids is 1. The van der Waals surface area contributed by atoms with E-state index in [1.165, 1.54) is 0 Å². The van der Waals surface area contributed by atoms with Crippen molar-refractivity contribution in [2.45, 2.75) is 51.0 Å². The van der Waals surface area contributed by atoms with Gasteiger partial charge in [-0.2, -0.15) is 0 Å². The van der Waals surface area contributed by atoms with E-state index in [1.807, 2.05) is 0 Å². The highest BCUT2D eigenvalue weighted by atomic mass is 16.4. The van der Waals surface area contributed by atoms with E-state index in [1.54, 1.807) is 6.07 Å². The van der Waals surface area contributed by atoms with Gasteiger partial charge in [0.1, 0.15) is 5.56 Å². The highest BCUT2D eigenvalue weighted by molar-refractivity contribution is 5.94. The van der Waals surface area contributed by atoms with Gasteiger partial charge in [0.15, 0.2) is 0 Å². The monoisotopic (exact) mass is 304 g/mol. The number of carboxylic acid groups (broad SMARTS) is 1. The third kappa shape index (κ3) is 2.91. The van der Waals surface area contributed by atoms with Crippen LogP contribution in [0.5, 0.6) is 0 Å². The second-order valence-corrected chi connectivity index (χ2v) is 6.24. The smallest absolute Gasteiger partial charge is 0.306 e. The van der Waals surface area contributed by atoms with Crippen LogP contribution < -0.4 is 10.9 Å². The van der Waals surface area contributed by atoms with Crippen LogP contribution in [0.15, 0.2) is 10.9 Å². The zero-order valence-electron chi connectivity index (χ0n) is 12.4. The lowest BCUT2D eigenvalue weighted by Crippen LogP contribution is -2.37. The van der Waals surface area contributed by atoms with Crippen LogP contribution in [0.3, 0.4) is 0 Å². The molecule has 3 rings (SSSR count). The zero-order valence-corrected chi connectivity index (χ0v) is 12.4. The molecule has 0 spiro atoms. The molecule has 2 aliphatic rings. The lowest BCUT2D eigenvalue weighted by Gasteiger charge is -2.17. The first-order valence-corrected chi connectivity index (χ1v) is 7.83. The van der Waals surface area contributed by atoms with Gasteiger partial charge in [-0.3, -0.25) is 14.4 Å². The summed E-state index contributed by atoms with van der Waals surface area (Å²) in [6, 6.07) is 1.54. The summed E-state index contributed by atoms with van der Waals surface area (Å²) in [6.45, 7) is 0. The Morgan fingerprint density at radius 3 is 2.73 bits per heavy atom. The number of amides is 1. The Bertz CT molecular complexity index is 665. The summed E-state index contributed by atoms with van der Waals surface area (Å²) in [5.41, 5.74) is 1.77. The number of fused-ring (bicyclic) bond motifs is 1. The van der Waals surface area contributed by atoms with Gasteiger partial charge in [-0.25, -0.2) is 0 Å². The summed E-state index contributed by atoms with van der Waals surface area (Å²) in [6.07, 6.45) is 5.53. The quantitative estimate of drug-likeness (QED) is 0.782. The predicted molar refractivity (Wildman–Crippen MR) is 79.9 cm³/mol. The van der Waals surface area contributed by atoms with E-state index in [4.69, 9.17) is 5.11 Å². The van der Waals surface area contributed by atoms with Crippen LogP contribution >= 0.6 is 0 Å². The molecule has 0 saturated heterocycles. The van der Waals surface area contributed by atoms with Crippen molar-refractivity contribution >= 4 is 11.9 Å². The van der Waals surface area contributed by atoms with Gasteiger partial charge >= 0.3 is 5.97 Å². The number of rotatable bonds is 3. The van der Waals surface area contributed by atoms with E-state index in [9.17, 15) is 14.4 Å². The van der Waals surface area contributed by atoms with Gasteiger partial charge in [0, 0.05) is 11.7 Å². The van der Waals surface area contributed by atoms with Crippen molar-refractivity contribution in [3.63, 3.8) is 0 Å². The maximum Gasteiger partial charge on any atom is 0.306 e. The highest BCUT2D eigenvalue weighted by Gasteiger charge is 2.31. The van der Waals surface area contributed by atoms with Crippen LogP contribution in [0.2, 0.25) is 0 Å². The molecule has 0 bridgehead atoms. The Labute approximate surface area is 127 Å². The molecule has 0 aliphatic heterocycles. The molecule has 6 nitrogen and oxygen atoms in total. The minimum absolute atomic E-state index is 0.138. The molecule has 1 heterocycles. The number of nitrogens with one attached hydrogen (secondary N) is 2. The third-order valence-electron chi connectivity index (χ3n) is 4.70. The SMILES string of the molecule is O=C(N[C@@H]1CC[C@H](C(=O)O)C1)c1cc2c([nH]c1=O)CCCC2. The molecule has 1 fully saturated rings. The molecule has 0 radical (unpaired) electrons. The number of H-pyrrole nitrogens is 1. The Kier molecular flexibility index (Phi) is 4.00. The maximum atomic E-state index is 12.3. The molecule has 1 aromatic heterocycles. The van der Waals surface area contributed by atoms with E-state index in [0.29, 0.717) is 19.3 Å². The van der Waals surface area contributed by atoms with Crippen molar-refractivity contribution in [2.75, 3.05) is 0 Å². The summed E-state index contributed by atoms with van der Waals surface area (Å²) >= 11 is 0. The van der Waals surface area contributed by atoms with Crippen molar-refractivity contribution in [1.29, 1.82) is 0 Å². The minimum atomic E-state index is -0.816. The second-order valence-electron chi connectivity index (χ2n) is 6.24. The van der Waals surface area contributed by atoms with Crippen molar-refractivity contribution < 1.29 is 14.7 Å². The topological polar surface area (TPSA) is 99.3 Å². The van der Waals surface area contributed by atoms with Crippen LogP contribution in [0, 0.1) is 5.92 Å². The minimum Gasteiger partial charge on any atom is -0.481 e. The first kappa shape index (κ1) is 14.8. The molecule has 22 heavy (non-hydrogen) atoms. The fourth-order valence-electron chi connectivity index (χ4n) is 3.44. The zero-order chi connectivity index (χ0) is 15.7. The first-order valence-electron chi connectivity index (χ1n) is 7.83. The lowest BCUT2D eigenvalue weighted by molar-refractivity contribution is -0.141. The standard InChI is InChI=1S/C16H20N2O4/c19-14(17-11-6-5-10(7-11)16(21)22)12-8-9-3-1-2-4-13(9)18-15(12)20/h8,10-11H,1-7H2,(H,17,19)(H,18,20)(H,21,22)/t10-,11+/m0/s1. The van der Waals surface area contributed by atoms with Crippen LogP contribution in [-0.2, 0) is 17.6 Å².